The van der Waals surface area contributed by atoms with E-state index in [9.17, 15) is 19.2 Å². The highest BCUT2D eigenvalue weighted by Gasteiger charge is 2.17. The monoisotopic (exact) mass is 274 g/mol. The Hall–Kier alpha value is -2.68. The highest BCUT2D eigenvalue weighted by molar-refractivity contribution is 5.93. The smallest absolute Gasteiger partial charge is 0.373 e. The summed E-state index contributed by atoms with van der Waals surface area (Å²) in [5, 5.41) is 20.4. The summed E-state index contributed by atoms with van der Waals surface area (Å²) in [6, 6.07) is 0. The highest BCUT2D eigenvalue weighted by atomic mass is 17.5. The molecule has 0 aliphatic rings. The van der Waals surface area contributed by atoms with Gasteiger partial charge in [0.2, 0.25) is 0 Å². The SMILES string of the molecule is C=C(CC(=O)O)C(=O)OOOC(=O)C(=C)CC(=O)O. The average molecular weight is 274 g/mol. The first-order valence-corrected chi connectivity index (χ1v) is 4.63. The predicted molar refractivity (Wildman–Crippen MR) is 56.1 cm³/mol. The molecule has 0 bridgehead atoms. The van der Waals surface area contributed by atoms with Gasteiger partial charge in [-0.15, -0.1) is 0 Å². The molecule has 0 aliphatic heterocycles. The van der Waals surface area contributed by atoms with Gasteiger partial charge < -0.3 is 10.2 Å². The Labute approximate surface area is 106 Å². The van der Waals surface area contributed by atoms with Crippen LogP contribution in [0, 0.1) is 0 Å². The summed E-state index contributed by atoms with van der Waals surface area (Å²) in [5.74, 6) is -5.12. The molecule has 2 N–H and O–H groups in total. The zero-order chi connectivity index (χ0) is 15.0. The Morgan fingerprint density at radius 2 is 1.11 bits per heavy atom. The van der Waals surface area contributed by atoms with Crippen LogP contribution < -0.4 is 0 Å². The molecule has 0 aromatic carbocycles. The molecule has 0 spiro atoms. The average Bonchev–Trinajstić information content (AvgIpc) is 2.26. The third kappa shape index (κ3) is 7.28. The third-order valence-electron chi connectivity index (χ3n) is 1.53. The summed E-state index contributed by atoms with van der Waals surface area (Å²) in [7, 11) is 0. The van der Waals surface area contributed by atoms with Crippen molar-refractivity contribution in [3.63, 3.8) is 0 Å². The van der Waals surface area contributed by atoms with E-state index < -0.39 is 47.9 Å². The molecule has 0 amide bonds. The Balaban J connectivity index is 4.03. The quantitative estimate of drug-likeness (QED) is 0.355. The zero-order valence-corrected chi connectivity index (χ0v) is 9.58. The topological polar surface area (TPSA) is 136 Å². The van der Waals surface area contributed by atoms with Gasteiger partial charge in [0.15, 0.2) is 0 Å². The minimum atomic E-state index is -1.31. The number of hydrogen-bond donors (Lipinski definition) is 2. The summed E-state index contributed by atoms with van der Waals surface area (Å²) in [4.78, 5) is 50.2. The third-order valence-corrected chi connectivity index (χ3v) is 1.53. The normalized spacial score (nSPS) is 9.26. The summed E-state index contributed by atoms with van der Waals surface area (Å²) in [6.45, 7) is 6.19. The van der Waals surface area contributed by atoms with Crippen LogP contribution >= 0.6 is 0 Å². The van der Waals surface area contributed by atoms with Crippen LogP contribution in [0.3, 0.4) is 0 Å². The van der Waals surface area contributed by atoms with E-state index in [1.165, 1.54) is 0 Å². The van der Waals surface area contributed by atoms with E-state index in [1.807, 2.05) is 0 Å². The lowest BCUT2D eigenvalue weighted by Crippen LogP contribution is -2.15. The lowest BCUT2D eigenvalue weighted by molar-refractivity contribution is -0.456. The van der Waals surface area contributed by atoms with Gasteiger partial charge in [-0.25, -0.2) is 9.59 Å². The molecule has 0 heterocycles. The van der Waals surface area contributed by atoms with Crippen molar-refractivity contribution < 1.29 is 44.2 Å². The van der Waals surface area contributed by atoms with E-state index in [-0.39, 0.29) is 0 Å². The maximum atomic E-state index is 11.0. The fraction of sp³-hybridized carbons (Fsp3) is 0.200. The highest BCUT2D eigenvalue weighted by Crippen LogP contribution is 2.04. The number of hydrogen-bond acceptors (Lipinski definition) is 7. The molecule has 0 unspecified atom stereocenters. The standard InChI is InChI=1S/C10H10O9/c1-5(3-7(11)12)9(15)17-19-18-10(16)6(2)4-8(13)14/h1-4H2,(H,11,12)(H,13,14). The fourth-order valence-corrected chi connectivity index (χ4v) is 0.706. The molecular formula is C10H10O9. The van der Waals surface area contributed by atoms with Crippen molar-refractivity contribution in [2.45, 2.75) is 12.8 Å². The molecule has 9 nitrogen and oxygen atoms in total. The lowest BCUT2D eigenvalue weighted by atomic mass is 10.2. The zero-order valence-electron chi connectivity index (χ0n) is 9.58. The van der Waals surface area contributed by atoms with Crippen LogP contribution in [0.1, 0.15) is 12.8 Å². The molecular weight excluding hydrogens is 264 g/mol. The largest absolute Gasteiger partial charge is 0.481 e. The molecule has 0 atom stereocenters. The van der Waals surface area contributed by atoms with Crippen LogP contribution in [0.2, 0.25) is 0 Å². The van der Waals surface area contributed by atoms with Crippen LogP contribution in [-0.4, -0.2) is 34.1 Å². The van der Waals surface area contributed by atoms with Crippen LogP contribution in [0.25, 0.3) is 0 Å². The molecule has 0 saturated heterocycles. The van der Waals surface area contributed by atoms with Gasteiger partial charge in [-0.1, -0.05) is 13.2 Å². The van der Waals surface area contributed by atoms with Crippen molar-refractivity contribution in [1.82, 2.24) is 0 Å². The van der Waals surface area contributed by atoms with Gasteiger partial charge >= 0.3 is 23.9 Å². The molecule has 9 heteroatoms. The number of aliphatic carboxylic acids is 2. The van der Waals surface area contributed by atoms with E-state index in [0.717, 1.165) is 0 Å². The van der Waals surface area contributed by atoms with Gasteiger partial charge in [0.25, 0.3) is 0 Å². The van der Waals surface area contributed by atoms with E-state index in [2.05, 4.69) is 28.0 Å². The number of carboxylic acid groups (broad SMARTS) is 2. The Kier molecular flexibility index (Phi) is 6.54. The second kappa shape index (κ2) is 7.61. The Morgan fingerprint density at radius 3 is 1.37 bits per heavy atom. The first-order chi connectivity index (χ1) is 8.73. The van der Waals surface area contributed by atoms with E-state index in [4.69, 9.17) is 10.2 Å². The van der Waals surface area contributed by atoms with Crippen molar-refractivity contribution in [3.05, 3.63) is 24.3 Å². The molecule has 0 aliphatic carbocycles. The van der Waals surface area contributed by atoms with Gasteiger partial charge in [0.05, 0.1) is 12.8 Å². The van der Waals surface area contributed by atoms with Crippen molar-refractivity contribution in [2.24, 2.45) is 0 Å². The second-order valence-electron chi connectivity index (χ2n) is 3.16. The molecule has 0 aromatic heterocycles. The Bertz CT molecular complexity index is 394. The molecule has 0 fully saturated rings. The van der Waals surface area contributed by atoms with Crippen molar-refractivity contribution in [3.8, 4) is 0 Å². The summed E-state index contributed by atoms with van der Waals surface area (Å²) in [6.07, 6.45) is -1.36. The van der Waals surface area contributed by atoms with Crippen LogP contribution in [0.5, 0.6) is 0 Å². The first kappa shape index (κ1) is 16.3. The van der Waals surface area contributed by atoms with E-state index in [0.29, 0.717) is 0 Å². The van der Waals surface area contributed by atoms with Gasteiger partial charge in [-0.05, 0) is 0 Å². The van der Waals surface area contributed by atoms with Crippen molar-refractivity contribution in [2.75, 3.05) is 0 Å². The van der Waals surface area contributed by atoms with Gasteiger partial charge in [-0.3, -0.25) is 19.4 Å². The fourth-order valence-electron chi connectivity index (χ4n) is 0.706. The van der Waals surface area contributed by atoms with Crippen molar-refractivity contribution >= 4 is 23.9 Å². The minimum absolute atomic E-state index is 0.437. The first-order valence-electron chi connectivity index (χ1n) is 4.63. The Morgan fingerprint density at radius 1 is 0.789 bits per heavy atom. The molecule has 0 aromatic rings. The van der Waals surface area contributed by atoms with Crippen LogP contribution in [-0.2, 0) is 34.0 Å². The van der Waals surface area contributed by atoms with Crippen molar-refractivity contribution in [1.29, 1.82) is 0 Å². The van der Waals surface area contributed by atoms with Crippen LogP contribution in [0.4, 0.5) is 0 Å². The lowest BCUT2D eigenvalue weighted by Gasteiger charge is -2.03. The predicted octanol–water partition coefficient (Wildman–Crippen LogP) is -0.0188. The molecule has 19 heavy (non-hydrogen) atoms. The maximum Gasteiger partial charge on any atom is 0.373 e. The molecule has 0 saturated carbocycles. The number of rotatable bonds is 8. The van der Waals surface area contributed by atoms with E-state index >= 15 is 0 Å². The van der Waals surface area contributed by atoms with E-state index in [1.54, 1.807) is 0 Å². The second-order valence-corrected chi connectivity index (χ2v) is 3.16. The number of carboxylic acids is 2. The van der Waals surface area contributed by atoms with Crippen LogP contribution in [0.15, 0.2) is 24.3 Å². The van der Waals surface area contributed by atoms with Gasteiger partial charge in [0.1, 0.15) is 0 Å². The summed E-state index contributed by atoms with van der Waals surface area (Å²) in [5.41, 5.74) is -0.874. The molecule has 0 rings (SSSR count). The van der Waals surface area contributed by atoms with Gasteiger partial charge in [-0.2, -0.15) is 0 Å². The summed E-state index contributed by atoms with van der Waals surface area (Å²) >= 11 is 0. The maximum absolute atomic E-state index is 11.0. The minimum Gasteiger partial charge on any atom is -0.481 e. The number of carbonyl (C=O) groups is 4. The molecule has 0 radical (unpaired) electrons. The summed E-state index contributed by atoms with van der Waals surface area (Å²) < 4.78 is 0. The van der Waals surface area contributed by atoms with Gasteiger partial charge in [0, 0.05) is 16.2 Å². The molecule has 104 valence electrons. The number of carbonyl (C=O) groups excluding carboxylic acids is 2.